The average molecular weight is 408 g/mol. The number of nitro groups is 1. The number of nitro benzene ring substituents is 1. The van der Waals surface area contributed by atoms with Crippen LogP contribution in [0.1, 0.15) is 28.2 Å². The fraction of sp³-hybridized carbons (Fsp3) is 0.211. The van der Waals surface area contributed by atoms with Gasteiger partial charge in [-0.1, -0.05) is 23.4 Å². The van der Waals surface area contributed by atoms with Crippen molar-refractivity contribution in [1.29, 1.82) is 0 Å². The lowest BCUT2D eigenvalue weighted by molar-refractivity contribution is -0.384. The first kappa shape index (κ1) is 17.7. The smallest absolute Gasteiger partial charge is 0.270 e. The lowest BCUT2D eigenvalue weighted by Gasteiger charge is -2.32. The number of nitrogens with zero attached hydrogens (tertiary/aromatic N) is 5. The van der Waals surface area contributed by atoms with Gasteiger partial charge in [0.05, 0.1) is 28.7 Å². The van der Waals surface area contributed by atoms with Gasteiger partial charge in [-0.2, -0.15) is 4.98 Å². The van der Waals surface area contributed by atoms with Gasteiger partial charge >= 0.3 is 0 Å². The number of hydrogen-bond donors (Lipinski definition) is 1. The Hall–Kier alpha value is -3.37. The second-order valence-electron chi connectivity index (χ2n) is 6.80. The Kier molecular flexibility index (Phi) is 4.41. The third-order valence-corrected chi connectivity index (χ3v) is 5.84. The van der Waals surface area contributed by atoms with Crippen molar-refractivity contribution in [2.45, 2.75) is 25.6 Å². The fourth-order valence-corrected chi connectivity index (χ4v) is 4.28. The van der Waals surface area contributed by atoms with Gasteiger partial charge in [0.25, 0.3) is 5.69 Å². The minimum absolute atomic E-state index is 0.00740. The number of H-pyrrole nitrogens is 1. The zero-order valence-electron chi connectivity index (χ0n) is 15.2. The number of aromatic amines is 1. The summed E-state index contributed by atoms with van der Waals surface area (Å²) in [6.07, 6.45) is 2.36. The molecule has 9 nitrogen and oxygen atoms in total. The van der Waals surface area contributed by atoms with Crippen molar-refractivity contribution in [2.24, 2.45) is 0 Å². The van der Waals surface area contributed by atoms with E-state index in [1.807, 2.05) is 6.07 Å². The summed E-state index contributed by atoms with van der Waals surface area (Å²) < 4.78 is 5.59. The van der Waals surface area contributed by atoms with Gasteiger partial charge in [-0.25, -0.2) is 4.98 Å². The predicted octanol–water partition coefficient (Wildman–Crippen LogP) is 3.73. The molecule has 0 fully saturated rings. The normalized spacial score (nSPS) is 16.6. The number of rotatable bonds is 5. The van der Waals surface area contributed by atoms with E-state index < -0.39 is 4.92 Å². The molecular formula is C19H16N6O3S. The van der Waals surface area contributed by atoms with Crippen LogP contribution in [0.25, 0.3) is 11.4 Å². The molecule has 1 N–H and O–H groups in total. The summed E-state index contributed by atoms with van der Waals surface area (Å²) in [6.45, 7) is 1.46. The number of benzene rings is 1. The Bertz CT molecular complexity index is 1150. The predicted molar refractivity (Wildman–Crippen MR) is 105 cm³/mol. The molecule has 5 rings (SSSR count). The standard InChI is InChI=1S/C19H16N6O3S/c26-25(27)13-4-1-3-12(7-13)18-22-19(28-23-18)17-8-15-16(21-11-20-15)10-24(17)9-14-5-2-6-29-14/h1-7,11,17H,8-10H2,(H,20,21)/t17-/m0/s1. The lowest BCUT2D eigenvalue weighted by Crippen LogP contribution is -2.34. The summed E-state index contributed by atoms with van der Waals surface area (Å²) >= 11 is 1.71. The van der Waals surface area contributed by atoms with Crippen molar-refractivity contribution >= 4 is 17.0 Å². The highest BCUT2D eigenvalue weighted by molar-refractivity contribution is 7.09. The molecule has 0 saturated carbocycles. The molecule has 1 atom stereocenters. The maximum absolute atomic E-state index is 11.0. The SMILES string of the molecule is O=[N+]([O-])c1cccc(-c2noc([C@@H]3Cc4nc[nH]c4CN3Cc3cccs3)n2)c1. The van der Waals surface area contributed by atoms with Gasteiger partial charge in [-0.05, 0) is 11.4 Å². The summed E-state index contributed by atoms with van der Waals surface area (Å²) in [5.74, 6) is 0.823. The van der Waals surface area contributed by atoms with Crippen LogP contribution in [0.5, 0.6) is 0 Å². The molecule has 3 aromatic heterocycles. The number of hydrogen-bond acceptors (Lipinski definition) is 8. The van der Waals surface area contributed by atoms with Crippen LogP contribution in [0, 0.1) is 10.1 Å². The van der Waals surface area contributed by atoms with Gasteiger partial charge < -0.3 is 9.51 Å². The van der Waals surface area contributed by atoms with Crippen molar-refractivity contribution in [3.63, 3.8) is 0 Å². The van der Waals surface area contributed by atoms with Gasteiger partial charge in [-0.15, -0.1) is 11.3 Å². The van der Waals surface area contributed by atoms with E-state index in [1.54, 1.807) is 29.8 Å². The minimum atomic E-state index is -0.437. The third kappa shape index (κ3) is 3.43. The van der Waals surface area contributed by atoms with E-state index in [4.69, 9.17) is 4.52 Å². The van der Waals surface area contributed by atoms with Gasteiger partial charge in [0, 0.05) is 42.1 Å². The second-order valence-corrected chi connectivity index (χ2v) is 7.83. The first-order valence-electron chi connectivity index (χ1n) is 9.03. The highest BCUT2D eigenvalue weighted by Crippen LogP contribution is 2.34. The quantitative estimate of drug-likeness (QED) is 0.395. The molecule has 29 heavy (non-hydrogen) atoms. The van der Waals surface area contributed by atoms with Crippen molar-refractivity contribution in [1.82, 2.24) is 25.0 Å². The molecule has 4 heterocycles. The van der Waals surface area contributed by atoms with E-state index in [2.05, 4.69) is 36.5 Å². The Balaban J connectivity index is 1.47. The molecule has 0 aliphatic carbocycles. The summed E-state index contributed by atoms with van der Waals surface area (Å²) in [4.78, 5) is 26.3. The van der Waals surface area contributed by atoms with Crippen LogP contribution in [0.2, 0.25) is 0 Å². The van der Waals surface area contributed by atoms with Gasteiger partial charge in [0.1, 0.15) is 0 Å². The van der Waals surface area contributed by atoms with E-state index in [9.17, 15) is 10.1 Å². The van der Waals surface area contributed by atoms with Crippen LogP contribution in [-0.4, -0.2) is 29.9 Å². The maximum atomic E-state index is 11.0. The molecule has 146 valence electrons. The minimum Gasteiger partial charge on any atom is -0.347 e. The zero-order valence-corrected chi connectivity index (χ0v) is 16.0. The molecule has 1 aliphatic rings. The van der Waals surface area contributed by atoms with E-state index in [1.165, 1.54) is 17.0 Å². The van der Waals surface area contributed by atoms with Crippen molar-refractivity contribution in [3.05, 3.63) is 80.4 Å². The number of aromatic nitrogens is 4. The summed E-state index contributed by atoms with van der Waals surface area (Å²) in [5, 5.41) is 17.2. The molecule has 0 unspecified atom stereocenters. The Morgan fingerprint density at radius 1 is 1.34 bits per heavy atom. The molecule has 10 heteroatoms. The molecule has 4 aromatic rings. The summed E-state index contributed by atoms with van der Waals surface area (Å²) in [6, 6.07) is 10.3. The average Bonchev–Trinajstić information content (AvgIpc) is 3.49. The molecule has 0 spiro atoms. The van der Waals surface area contributed by atoms with E-state index >= 15 is 0 Å². The molecule has 0 radical (unpaired) electrons. The lowest BCUT2D eigenvalue weighted by atomic mass is 10.0. The Morgan fingerprint density at radius 3 is 3.10 bits per heavy atom. The Morgan fingerprint density at radius 2 is 2.28 bits per heavy atom. The van der Waals surface area contributed by atoms with Crippen LogP contribution in [0.15, 0.2) is 52.6 Å². The number of non-ortho nitro benzene ring substituents is 1. The van der Waals surface area contributed by atoms with Gasteiger partial charge in [0.15, 0.2) is 0 Å². The first-order valence-corrected chi connectivity index (χ1v) is 9.91. The number of thiophene rings is 1. The highest BCUT2D eigenvalue weighted by Gasteiger charge is 2.33. The van der Waals surface area contributed by atoms with Crippen LogP contribution < -0.4 is 0 Å². The maximum Gasteiger partial charge on any atom is 0.270 e. The van der Waals surface area contributed by atoms with Crippen molar-refractivity contribution < 1.29 is 9.45 Å². The highest BCUT2D eigenvalue weighted by atomic mass is 32.1. The van der Waals surface area contributed by atoms with E-state index in [0.717, 1.165) is 17.9 Å². The summed E-state index contributed by atoms with van der Waals surface area (Å²) in [7, 11) is 0. The zero-order chi connectivity index (χ0) is 19.8. The summed E-state index contributed by atoms with van der Waals surface area (Å²) in [5.41, 5.74) is 2.63. The molecular weight excluding hydrogens is 392 g/mol. The molecule has 0 saturated heterocycles. The van der Waals surface area contributed by atoms with Gasteiger partial charge in [0.2, 0.25) is 11.7 Å². The Labute approximate surface area is 169 Å². The monoisotopic (exact) mass is 408 g/mol. The second kappa shape index (κ2) is 7.22. The van der Waals surface area contributed by atoms with Crippen LogP contribution in [0.3, 0.4) is 0 Å². The van der Waals surface area contributed by atoms with Crippen molar-refractivity contribution in [3.8, 4) is 11.4 Å². The number of imidazole rings is 1. The molecule has 1 aliphatic heterocycles. The largest absolute Gasteiger partial charge is 0.347 e. The van der Waals surface area contributed by atoms with Crippen LogP contribution >= 0.6 is 11.3 Å². The van der Waals surface area contributed by atoms with Gasteiger partial charge in [-0.3, -0.25) is 15.0 Å². The van der Waals surface area contributed by atoms with E-state index in [-0.39, 0.29) is 11.7 Å². The fourth-order valence-electron chi connectivity index (χ4n) is 3.55. The van der Waals surface area contributed by atoms with Crippen LogP contribution in [-0.2, 0) is 19.5 Å². The first-order chi connectivity index (χ1) is 14.2. The van der Waals surface area contributed by atoms with Crippen molar-refractivity contribution in [2.75, 3.05) is 0 Å². The third-order valence-electron chi connectivity index (χ3n) is 4.98. The topological polar surface area (TPSA) is 114 Å². The van der Waals surface area contributed by atoms with E-state index in [0.29, 0.717) is 30.2 Å². The van der Waals surface area contributed by atoms with Crippen LogP contribution in [0.4, 0.5) is 5.69 Å². The number of nitrogens with one attached hydrogen (secondary N) is 1. The molecule has 0 bridgehead atoms. The molecule has 1 aromatic carbocycles. The molecule has 0 amide bonds. The number of fused-ring (bicyclic) bond motifs is 1.